The Kier molecular flexibility index (Phi) is 6.45. The Morgan fingerprint density at radius 2 is 1.97 bits per heavy atom. The summed E-state index contributed by atoms with van der Waals surface area (Å²) in [5, 5.41) is 3.31. The summed E-state index contributed by atoms with van der Waals surface area (Å²) in [4.78, 5) is 38.2. The molecule has 0 aliphatic carbocycles. The number of ether oxygens (including phenoxy) is 1. The third kappa shape index (κ3) is 4.89. The van der Waals surface area contributed by atoms with E-state index in [4.69, 9.17) is 27.9 Å². The van der Waals surface area contributed by atoms with Crippen LogP contribution in [0.25, 0.3) is 0 Å². The van der Waals surface area contributed by atoms with Crippen molar-refractivity contribution < 1.29 is 19.1 Å². The van der Waals surface area contributed by atoms with Gasteiger partial charge < -0.3 is 15.0 Å². The second-order valence-electron chi connectivity index (χ2n) is 6.95. The van der Waals surface area contributed by atoms with Crippen molar-refractivity contribution in [3.8, 4) is 0 Å². The molecular weight excluding hydrogens is 415 g/mol. The van der Waals surface area contributed by atoms with Gasteiger partial charge in [-0.15, -0.1) is 0 Å². The van der Waals surface area contributed by atoms with Gasteiger partial charge >= 0.3 is 5.97 Å². The fourth-order valence-electron chi connectivity index (χ4n) is 3.11. The normalized spacial score (nSPS) is 16.1. The second kappa shape index (κ2) is 8.84. The van der Waals surface area contributed by atoms with Crippen LogP contribution in [0.15, 0.2) is 36.4 Å². The predicted molar refractivity (Wildman–Crippen MR) is 112 cm³/mol. The van der Waals surface area contributed by atoms with E-state index in [0.29, 0.717) is 16.4 Å². The van der Waals surface area contributed by atoms with Gasteiger partial charge in [0, 0.05) is 18.7 Å². The SMILES string of the molecule is Cc1ccc(C)c(NC(=O)COC(=O)C2CC(=O)N(c3cccc(Cl)c3Cl)C2)c1. The maximum absolute atomic E-state index is 12.4. The monoisotopic (exact) mass is 434 g/mol. The smallest absolute Gasteiger partial charge is 0.311 e. The van der Waals surface area contributed by atoms with Gasteiger partial charge in [-0.2, -0.15) is 0 Å². The second-order valence-corrected chi connectivity index (χ2v) is 7.74. The Hall–Kier alpha value is -2.57. The molecular formula is C21H20Cl2N2O4. The number of amides is 2. The number of carbonyl (C=O) groups excluding carboxylic acids is 3. The van der Waals surface area contributed by atoms with E-state index in [1.807, 2.05) is 32.0 Å². The third-order valence-electron chi connectivity index (χ3n) is 4.69. The van der Waals surface area contributed by atoms with Crippen molar-refractivity contribution in [2.24, 2.45) is 5.92 Å². The molecule has 0 radical (unpaired) electrons. The van der Waals surface area contributed by atoms with Crippen molar-refractivity contribution in [2.45, 2.75) is 20.3 Å². The van der Waals surface area contributed by atoms with Crippen molar-refractivity contribution >= 4 is 52.4 Å². The molecule has 0 spiro atoms. The van der Waals surface area contributed by atoms with Crippen molar-refractivity contribution in [3.63, 3.8) is 0 Å². The van der Waals surface area contributed by atoms with Crippen LogP contribution in [0.1, 0.15) is 17.5 Å². The number of benzene rings is 2. The molecule has 2 aromatic rings. The van der Waals surface area contributed by atoms with Gasteiger partial charge in [-0.05, 0) is 43.2 Å². The first-order valence-electron chi connectivity index (χ1n) is 9.04. The van der Waals surface area contributed by atoms with E-state index in [9.17, 15) is 14.4 Å². The average molecular weight is 435 g/mol. The summed E-state index contributed by atoms with van der Waals surface area (Å²) in [6.45, 7) is 3.50. The van der Waals surface area contributed by atoms with E-state index < -0.39 is 24.4 Å². The summed E-state index contributed by atoms with van der Waals surface area (Å²) in [6.07, 6.45) is -0.0136. The molecule has 1 N–H and O–H groups in total. The topological polar surface area (TPSA) is 75.7 Å². The van der Waals surface area contributed by atoms with Crippen LogP contribution >= 0.6 is 23.2 Å². The maximum atomic E-state index is 12.4. The first-order chi connectivity index (χ1) is 13.8. The standard InChI is InChI=1S/C21H20Cl2N2O4/c1-12-6-7-13(2)16(8-12)24-18(26)11-29-21(28)14-9-19(27)25(10-14)17-5-3-4-15(22)20(17)23/h3-8,14H,9-11H2,1-2H3,(H,24,26). The van der Waals surface area contributed by atoms with Crippen LogP contribution in [0.2, 0.25) is 10.0 Å². The molecule has 0 aromatic heterocycles. The molecule has 8 heteroatoms. The molecule has 1 aliphatic rings. The summed E-state index contributed by atoms with van der Waals surface area (Å²) < 4.78 is 5.13. The van der Waals surface area contributed by atoms with Crippen LogP contribution in [-0.4, -0.2) is 30.9 Å². The number of nitrogens with one attached hydrogen (secondary N) is 1. The minimum absolute atomic E-state index is 0.0136. The molecule has 29 heavy (non-hydrogen) atoms. The Labute approximate surface area is 178 Å². The van der Waals surface area contributed by atoms with Crippen molar-refractivity contribution in [2.75, 3.05) is 23.4 Å². The zero-order valence-electron chi connectivity index (χ0n) is 16.0. The highest BCUT2D eigenvalue weighted by molar-refractivity contribution is 6.44. The van der Waals surface area contributed by atoms with E-state index in [2.05, 4.69) is 5.32 Å². The van der Waals surface area contributed by atoms with Gasteiger partial charge in [0.25, 0.3) is 5.91 Å². The highest BCUT2D eigenvalue weighted by Crippen LogP contribution is 2.35. The molecule has 2 amide bonds. The fraction of sp³-hybridized carbons (Fsp3) is 0.286. The van der Waals surface area contributed by atoms with Crippen molar-refractivity contribution in [1.29, 1.82) is 0 Å². The van der Waals surface area contributed by atoms with Crippen molar-refractivity contribution in [3.05, 3.63) is 57.6 Å². The molecule has 0 saturated carbocycles. The fourth-order valence-corrected chi connectivity index (χ4v) is 3.51. The van der Waals surface area contributed by atoms with Gasteiger partial charge in [-0.3, -0.25) is 14.4 Å². The Balaban J connectivity index is 1.57. The first-order valence-corrected chi connectivity index (χ1v) is 9.80. The van der Waals surface area contributed by atoms with E-state index in [-0.39, 0.29) is 23.9 Å². The van der Waals surface area contributed by atoms with Gasteiger partial charge in [0.1, 0.15) is 0 Å². The largest absolute Gasteiger partial charge is 0.455 e. The number of nitrogens with zero attached hydrogens (tertiary/aromatic N) is 1. The summed E-state index contributed by atoms with van der Waals surface area (Å²) in [5.41, 5.74) is 3.04. The van der Waals surface area contributed by atoms with E-state index in [0.717, 1.165) is 11.1 Å². The molecule has 1 saturated heterocycles. The number of aryl methyl sites for hydroxylation is 2. The molecule has 3 rings (SSSR count). The quantitative estimate of drug-likeness (QED) is 0.717. The maximum Gasteiger partial charge on any atom is 0.311 e. The summed E-state index contributed by atoms with van der Waals surface area (Å²) in [6, 6.07) is 10.7. The highest BCUT2D eigenvalue weighted by atomic mass is 35.5. The van der Waals surface area contributed by atoms with Crippen LogP contribution in [0, 0.1) is 19.8 Å². The Bertz CT molecular complexity index is 977. The molecule has 2 aromatic carbocycles. The Morgan fingerprint density at radius 1 is 1.21 bits per heavy atom. The molecule has 0 bridgehead atoms. The lowest BCUT2D eigenvalue weighted by atomic mass is 10.1. The molecule has 152 valence electrons. The van der Waals surface area contributed by atoms with Gasteiger partial charge in [-0.25, -0.2) is 0 Å². The molecule has 1 aliphatic heterocycles. The number of hydrogen-bond acceptors (Lipinski definition) is 4. The lowest BCUT2D eigenvalue weighted by Gasteiger charge is -2.18. The minimum Gasteiger partial charge on any atom is -0.455 e. The van der Waals surface area contributed by atoms with E-state index >= 15 is 0 Å². The van der Waals surface area contributed by atoms with Crippen LogP contribution < -0.4 is 10.2 Å². The zero-order valence-corrected chi connectivity index (χ0v) is 17.5. The van der Waals surface area contributed by atoms with Crippen molar-refractivity contribution in [1.82, 2.24) is 0 Å². The number of anilines is 2. The van der Waals surface area contributed by atoms with Gasteiger partial charge in [0.2, 0.25) is 5.91 Å². The highest BCUT2D eigenvalue weighted by Gasteiger charge is 2.37. The predicted octanol–water partition coefficient (Wildman–Crippen LogP) is 4.15. The Morgan fingerprint density at radius 3 is 2.72 bits per heavy atom. The summed E-state index contributed by atoms with van der Waals surface area (Å²) in [7, 11) is 0. The minimum atomic E-state index is -0.675. The lowest BCUT2D eigenvalue weighted by Crippen LogP contribution is -2.28. The van der Waals surface area contributed by atoms with E-state index in [1.54, 1.807) is 18.2 Å². The number of halogens is 2. The van der Waals surface area contributed by atoms with Crippen LogP contribution in [-0.2, 0) is 19.1 Å². The summed E-state index contributed by atoms with van der Waals surface area (Å²) >= 11 is 12.2. The van der Waals surface area contributed by atoms with Crippen LogP contribution in [0.5, 0.6) is 0 Å². The average Bonchev–Trinajstić information content (AvgIpc) is 3.06. The van der Waals surface area contributed by atoms with E-state index in [1.165, 1.54) is 4.90 Å². The number of hydrogen-bond donors (Lipinski definition) is 1. The molecule has 1 unspecified atom stereocenters. The molecule has 1 fully saturated rings. The van der Waals surface area contributed by atoms with Gasteiger partial charge in [0.05, 0.1) is 21.7 Å². The summed E-state index contributed by atoms with van der Waals surface area (Å²) in [5.74, 6) is -1.97. The number of carbonyl (C=O) groups is 3. The zero-order chi connectivity index (χ0) is 21.1. The number of esters is 1. The first kappa shape index (κ1) is 21.1. The van der Waals surface area contributed by atoms with Crippen LogP contribution in [0.4, 0.5) is 11.4 Å². The number of rotatable bonds is 5. The third-order valence-corrected chi connectivity index (χ3v) is 5.50. The molecule has 1 heterocycles. The lowest BCUT2D eigenvalue weighted by molar-refractivity contribution is -0.151. The van der Waals surface area contributed by atoms with Crippen LogP contribution in [0.3, 0.4) is 0 Å². The van der Waals surface area contributed by atoms with Gasteiger partial charge in [-0.1, -0.05) is 41.4 Å². The molecule has 6 nitrogen and oxygen atoms in total. The molecule has 1 atom stereocenters. The van der Waals surface area contributed by atoms with Gasteiger partial charge in [0.15, 0.2) is 6.61 Å².